The maximum atomic E-state index is 13.6. The summed E-state index contributed by atoms with van der Waals surface area (Å²) in [6.45, 7) is 3.47. The first-order chi connectivity index (χ1) is 23.4. The standard InChI is InChI=1S/C36H43NO12/c1-34-14-12-24(38)19-23(34)8-9-25-26-13-15-36(43,35(26,2)20-27(39)32(25)34)30(40)21-47-33(42)49-28-10-6-22(18-29(28)45-3)7-11-31(41)46-16-4-5-17-48-37-44/h6-8,10-12,14,18,25-27,32,39,43H,4-5,9,13,15-17,19-21H2,1-3H3/t25-,26-,27-,32+,34-,35-,36-/m0/s1. The molecule has 264 valence electrons. The van der Waals surface area contributed by atoms with Gasteiger partial charge in [0.25, 0.3) is 0 Å². The number of aliphatic hydroxyl groups excluding tert-OH is 1. The molecule has 0 aliphatic heterocycles. The van der Waals surface area contributed by atoms with Gasteiger partial charge in [0, 0.05) is 29.2 Å². The van der Waals surface area contributed by atoms with Gasteiger partial charge in [-0.15, -0.1) is 4.91 Å². The molecule has 0 spiro atoms. The Morgan fingerprint density at radius 2 is 1.88 bits per heavy atom. The van der Waals surface area contributed by atoms with Crippen LogP contribution >= 0.6 is 0 Å². The number of fused-ring (bicyclic) bond motifs is 5. The van der Waals surface area contributed by atoms with Crippen LogP contribution in [0.25, 0.3) is 6.08 Å². The molecule has 7 atom stereocenters. The second kappa shape index (κ2) is 14.6. The Morgan fingerprint density at radius 3 is 2.63 bits per heavy atom. The number of ketones is 2. The number of allylic oxidation sites excluding steroid dienone is 4. The lowest BCUT2D eigenvalue weighted by molar-refractivity contribution is -0.176. The second-order valence-electron chi connectivity index (χ2n) is 13.7. The number of methoxy groups -OCH3 is 1. The van der Waals surface area contributed by atoms with Crippen molar-refractivity contribution in [2.45, 2.75) is 70.5 Å². The number of nitrogens with zero attached hydrogens (tertiary/aromatic N) is 1. The van der Waals surface area contributed by atoms with E-state index in [1.165, 1.54) is 31.4 Å². The Balaban J connectivity index is 1.17. The van der Waals surface area contributed by atoms with Crippen molar-refractivity contribution in [1.29, 1.82) is 0 Å². The number of esters is 1. The van der Waals surface area contributed by atoms with Crippen LogP contribution in [0.4, 0.5) is 4.79 Å². The highest BCUT2D eigenvalue weighted by Gasteiger charge is 2.68. The monoisotopic (exact) mass is 681 g/mol. The molecular formula is C36H43NO12. The SMILES string of the molecule is COc1cc(C=CC(=O)OCCCCON=O)ccc1OC(=O)OCC(=O)[C@@]1(O)CC[C@H]2[C@@H]3CC=C4CC(=O)C=C[C@]4(C)[C@H]3[C@@H](O)C[C@@]21C. The third-order valence-electron chi connectivity index (χ3n) is 11.1. The van der Waals surface area contributed by atoms with Gasteiger partial charge in [-0.1, -0.05) is 37.6 Å². The lowest BCUT2D eigenvalue weighted by Gasteiger charge is -2.58. The summed E-state index contributed by atoms with van der Waals surface area (Å²) in [5.74, 6) is -1.22. The van der Waals surface area contributed by atoms with E-state index in [1.54, 1.807) is 12.1 Å². The number of carbonyl (C=O) groups is 4. The normalized spacial score (nSPS) is 31.5. The van der Waals surface area contributed by atoms with Crippen LogP contribution in [-0.4, -0.2) is 72.5 Å². The fraction of sp³-hybridized carbons (Fsp3) is 0.556. The number of Topliss-reactive ketones (excluding diaryl/α,β-unsaturated/α-hetero) is 1. The Bertz CT molecular complexity index is 1570. The van der Waals surface area contributed by atoms with Crippen molar-refractivity contribution in [3.8, 4) is 11.5 Å². The van der Waals surface area contributed by atoms with Crippen molar-refractivity contribution >= 4 is 29.8 Å². The van der Waals surface area contributed by atoms with Gasteiger partial charge < -0.3 is 34.0 Å². The van der Waals surface area contributed by atoms with E-state index in [9.17, 15) is 34.3 Å². The van der Waals surface area contributed by atoms with E-state index in [1.807, 2.05) is 13.0 Å². The molecular weight excluding hydrogens is 638 g/mol. The predicted molar refractivity (Wildman–Crippen MR) is 174 cm³/mol. The van der Waals surface area contributed by atoms with Gasteiger partial charge in [0.2, 0.25) is 5.78 Å². The van der Waals surface area contributed by atoms with E-state index >= 15 is 0 Å². The first-order valence-electron chi connectivity index (χ1n) is 16.5. The van der Waals surface area contributed by atoms with Crippen LogP contribution in [0.1, 0.15) is 64.4 Å². The maximum absolute atomic E-state index is 13.6. The minimum atomic E-state index is -1.82. The third kappa shape index (κ3) is 7.04. The maximum Gasteiger partial charge on any atom is 0.514 e. The van der Waals surface area contributed by atoms with E-state index in [0.29, 0.717) is 37.7 Å². The lowest BCUT2D eigenvalue weighted by atomic mass is 9.47. The fourth-order valence-electron chi connectivity index (χ4n) is 8.62. The van der Waals surface area contributed by atoms with E-state index in [4.69, 9.17) is 18.9 Å². The summed E-state index contributed by atoms with van der Waals surface area (Å²) in [6.07, 6.45) is 9.29. The largest absolute Gasteiger partial charge is 0.514 e. The number of unbranched alkanes of at least 4 members (excludes halogenated alkanes) is 1. The van der Waals surface area contributed by atoms with Gasteiger partial charge in [0.15, 0.2) is 29.2 Å². The smallest absolute Gasteiger partial charge is 0.493 e. The van der Waals surface area contributed by atoms with E-state index in [2.05, 4.69) is 23.2 Å². The summed E-state index contributed by atoms with van der Waals surface area (Å²) in [5.41, 5.74) is -1.67. The summed E-state index contributed by atoms with van der Waals surface area (Å²) in [6, 6.07) is 4.53. The van der Waals surface area contributed by atoms with Gasteiger partial charge in [-0.2, -0.15) is 0 Å². The molecule has 0 unspecified atom stereocenters. The highest BCUT2D eigenvalue weighted by atomic mass is 16.7. The van der Waals surface area contributed by atoms with Crippen molar-refractivity contribution in [1.82, 2.24) is 0 Å². The highest BCUT2D eigenvalue weighted by Crippen LogP contribution is 2.66. The average Bonchev–Trinajstić information content (AvgIpc) is 3.35. The van der Waals surface area contributed by atoms with Gasteiger partial charge in [-0.05, 0) is 80.2 Å². The minimum Gasteiger partial charge on any atom is -0.493 e. The van der Waals surface area contributed by atoms with Crippen LogP contribution in [0.2, 0.25) is 0 Å². The molecule has 2 N–H and O–H groups in total. The molecule has 1 aromatic carbocycles. The molecule has 49 heavy (non-hydrogen) atoms. The molecule has 0 heterocycles. The minimum absolute atomic E-state index is 0.00223. The van der Waals surface area contributed by atoms with E-state index < -0.39 is 47.0 Å². The number of carbonyl (C=O) groups excluding carboxylic acids is 4. The van der Waals surface area contributed by atoms with Crippen LogP contribution in [-0.2, 0) is 28.7 Å². The van der Waals surface area contributed by atoms with Crippen molar-refractivity contribution in [2.24, 2.45) is 33.9 Å². The first kappa shape index (κ1) is 35.9. The number of aliphatic hydroxyl groups is 2. The number of benzene rings is 1. The Morgan fingerprint density at radius 1 is 1.10 bits per heavy atom. The quantitative estimate of drug-likeness (QED) is 0.0551. The van der Waals surface area contributed by atoms with Crippen LogP contribution in [0.5, 0.6) is 11.5 Å². The van der Waals surface area contributed by atoms with Gasteiger partial charge in [0.05, 0.1) is 19.8 Å². The molecule has 2 saturated carbocycles. The molecule has 1 aromatic rings. The van der Waals surface area contributed by atoms with Crippen molar-refractivity contribution in [2.75, 3.05) is 26.9 Å². The molecule has 4 aliphatic carbocycles. The van der Waals surface area contributed by atoms with Crippen molar-refractivity contribution < 1.29 is 53.2 Å². The van der Waals surface area contributed by atoms with Gasteiger partial charge in [0.1, 0.15) is 12.2 Å². The molecule has 0 radical (unpaired) electrons. The van der Waals surface area contributed by atoms with E-state index in [0.717, 1.165) is 5.57 Å². The number of hydrogen-bond acceptors (Lipinski definition) is 13. The van der Waals surface area contributed by atoms with Crippen LogP contribution in [0.3, 0.4) is 0 Å². The summed E-state index contributed by atoms with van der Waals surface area (Å²) >= 11 is 0. The topological polar surface area (TPSA) is 184 Å². The molecule has 13 heteroatoms. The molecule has 2 fully saturated rings. The molecule has 0 aromatic heterocycles. The summed E-state index contributed by atoms with van der Waals surface area (Å²) in [4.78, 5) is 64.5. The summed E-state index contributed by atoms with van der Waals surface area (Å²) < 4.78 is 20.9. The first-order valence-corrected chi connectivity index (χ1v) is 16.5. The molecule has 0 saturated heterocycles. The van der Waals surface area contributed by atoms with E-state index in [-0.39, 0.29) is 61.1 Å². The highest BCUT2D eigenvalue weighted by molar-refractivity contribution is 5.93. The summed E-state index contributed by atoms with van der Waals surface area (Å²) in [5, 5.41) is 25.7. The van der Waals surface area contributed by atoms with Gasteiger partial charge >= 0.3 is 12.1 Å². The Labute approximate surface area is 284 Å². The van der Waals surface area contributed by atoms with Gasteiger partial charge in [-0.3, -0.25) is 9.59 Å². The third-order valence-corrected chi connectivity index (χ3v) is 11.1. The van der Waals surface area contributed by atoms with Crippen molar-refractivity contribution in [3.05, 3.63) is 58.5 Å². The zero-order chi connectivity index (χ0) is 35.4. The van der Waals surface area contributed by atoms with Crippen molar-refractivity contribution in [3.63, 3.8) is 0 Å². The number of rotatable bonds is 13. The molecule has 4 aliphatic rings. The number of hydrogen-bond donors (Lipinski definition) is 2. The van der Waals surface area contributed by atoms with Gasteiger partial charge in [-0.25, -0.2) is 9.59 Å². The molecule has 5 rings (SSSR count). The average molecular weight is 682 g/mol. The second-order valence-corrected chi connectivity index (χ2v) is 13.7. The van der Waals surface area contributed by atoms with Crippen LogP contribution < -0.4 is 9.47 Å². The van der Waals surface area contributed by atoms with Crippen LogP contribution in [0, 0.1) is 33.5 Å². The molecule has 13 nitrogen and oxygen atoms in total. The summed E-state index contributed by atoms with van der Waals surface area (Å²) in [7, 11) is 1.37. The lowest BCUT2D eigenvalue weighted by Crippen LogP contribution is -2.61. The predicted octanol–water partition coefficient (Wildman–Crippen LogP) is 4.82. The Hall–Kier alpha value is -4.36. The zero-order valence-electron chi connectivity index (χ0n) is 27.9. The molecule has 0 bridgehead atoms. The van der Waals surface area contributed by atoms with Crippen LogP contribution in [0.15, 0.2) is 53.4 Å². The fourth-order valence-corrected chi connectivity index (χ4v) is 8.62. The molecule has 0 amide bonds. The Kier molecular flexibility index (Phi) is 10.7. The zero-order valence-corrected chi connectivity index (χ0v) is 27.9. The number of ether oxygens (including phenoxy) is 4.